The van der Waals surface area contributed by atoms with Crippen LogP contribution in [-0.2, 0) is 9.53 Å². The second kappa shape index (κ2) is 6.41. The van der Waals surface area contributed by atoms with Crippen molar-refractivity contribution in [1.82, 2.24) is 10.6 Å². The maximum Gasteiger partial charge on any atom is 0.145 e. The molecule has 4 fully saturated rings. The van der Waals surface area contributed by atoms with Crippen LogP contribution in [0.5, 0.6) is 0 Å². The molecule has 130 valence electrons. The standard InChI is InChI=1S/C17H29N3O3/c18-16-10(8-21)5-12-15(22)11-6-13(9-3-1-2-4-9)19-7-14(11)23-17(12)20-16/h9-14,16-17,19-21H,1-8,18H2. The molecule has 4 rings (SSSR count). The molecule has 0 amide bonds. The molecule has 5 N–H and O–H groups in total. The van der Waals surface area contributed by atoms with Crippen LogP contribution >= 0.6 is 0 Å². The molecule has 1 saturated carbocycles. The lowest BCUT2D eigenvalue weighted by Crippen LogP contribution is -2.67. The molecule has 6 nitrogen and oxygen atoms in total. The zero-order chi connectivity index (χ0) is 16.0. The van der Waals surface area contributed by atoms with Gasteiger partial charge in [-0.2, -0.15) is 0 Å². The number of Topliss-reactive ketones (excluding diaryl/α,β-unsaturated/α-hetero) is 1. The summed E-state index contributed by atoms with van der Waals surface area (Å²) in [5.74, 6) is 0.847. The Hall–Kier alpha value is -0.530. The quantitative estimate of drug-likeness (QED) is 0.569. The minimum Gasteiger partial charge on any atom is -0.396 e. The van der Waals surface area contributed by atoms with Gasteiger partial charge in [-0.1, -0.05) is 12.8 Å². The van der Waals surface area contributed by atoms with E-state index < -0.39 is 0 Å². The Morgan fingerprint density at radius 1 is 1.22 bits per heavy atom. The van der Waals surface area contributed by atoms with Crippen LogP contribution in [-0.4, -0.2) is 48.6 Å². The molecule has 0 aromatic rings. The number of hydrogen-bond donors (Lipinski definition) is 4. The molecule has 23 heavy (non-hydrogen) atoms. The normalized spacial score (nSPS) is 48.1. The zero-order valence-corrected chi connectivity index (χ0v) is 13.6. The largest absolute Gasteiger partial charge is 0.396 e. The fraction of sp³-hybridized carbons (Fsp3) is 0.941. The van der Waals surface area contributed by atoms with Crippen LogP contribution in [0.1, 0.15) is 38.5 Å². The lowest BCUT2D eigenvalue weighted by Gasteiger charge is -2.50. The number of nitrogens with one attached hydrogen (secondary N) is 2. The van der Waals surface area contributed by atoms with Crippen molar-refractivity contribution in [3.8, 4) is 0 Å². The molecule has 0 aromatic carbocycles. The monoisotopic (exact) mass is 323 g/mol. The van der Waals surface area contributed by atoms with E-state index in [-0.39, 0.29) is 42.9 Å². The van der Waals surface area contributed by atoms with E-state index in [2.05, 4.69) is 10.6 Å². The first kappa shape index (κ1) is 16.0. The van der Waals surface area contributed by atoms with Crippen molar-refractivity contribution < 1.29 is 14.6 Å². The van der Waals surface area contributed by atoms with Gasteiger partial charge in [0.15, 0.2) is 0 Å². The van der Waals surface area contributed by atoms with E-state index in [0.717, 1.165) is 18.9 Å². The number of aliphatic hydroxyl groups is 1. The third-order valence-electron chi connectivity index (χ3n) is 6.58. The summed E-state index contributed by atoms with van der Waals surface area (Å²) in [6, 6.07) is 0.468. The topological polar surface area (TPSA) is 96.6 Å². The molecule has 0 aromatic heterocycles. The van der Waals surface area contributed by atoms with Crippen LogP contribution in [0.15, 0.2) is 0 Å². The lowest BCUT2D eigenvalue weighted by molar-refractivity contribution is -0.179. The molecule has 0 bridgehead atoms. The van der Waals surface area contributed by atoms with Gasteiger partial charge in [0.25, 0.3) is 0 Å². The third kappa shape index (κ3) is 2.85. The minimum atomic E-state index is -0.298. The maximum atomic E-state index is 13.1. The molecule has 4 aliphatic rings. The predicted molar refractivity (Wildman–Crippen MR) is 85.3 cm³/mol. The summed E-state index contributed by atoms with van der Waals surface area (Å²) >= 11 is 0. The molecular weight excluding hydrogens is 294 g/mol. The van der Waals surface area contributed by atoms with Gasteiger partial charge >= 0.3 is 0 Å². The Bertz CT molecular complexity index is 454. The van der Waals surface area contributed by atoms with E-state index in [1.807, 2.05) is 0 Å². The van der Waals surface area contributed by atoms with Crippen LogP contribution in [0.3, 0.4) is 0 Å². The molecule has 3 aliphatic heterocycles. The molecule has 7 atom stereocenters. The van der Waals surface area contributed by atoms with E-state index in [4.69, 9.17) is 10.5 Å². The Balaban J connectivity index is 1.47. The first-order valence-electron chi connectivity index (χ1n) is 9.22. The van der Waals surface area contributed by atoms with Gasteiger partial charge in [0.05, 0.1) is 18.2 Å². The smallest absolute Gasteiger partial charge is 0.145 e. The van der Waals surface area contributed by atoms with E-state index in [0.29, 0.717) is 18.2 Å². The number of hydrogen-bond acceptors (Lipinski definition) is 6. The van der Waals surface area contributed by atoms with Crippen LogP contribution in [0.4, 0.5) is 0 Å². The van der Waals surface area contributed by atoms with Gasteiger partial charge in [0.2, 0.25) is 0 Å². The van der Waals surface area contributed by atoms with Crippen molar-refractivity contribution in [2.45, 2.75) is 63.1 Å². The highest BCUT2D eigenvalue weighted by Crippen LogP contribution is 2.40. The SMILES string of the molecule is NC1NC2OC3CNC(C4CCCC4)CC3C(=O)C2CC1CO. The van der Waals surface area contributed by atoms with E-state index in [1.165, 1.54) is 25.7 Å². The van der Waals surface area contributed by atoms with Gasteiger partial charge in [0.1, 0.15) is 12.0 Å². The van der Waals surface area contributed by atoms with Crippen LogP contribution in [0.2, 0.25) is 0 Å². The van der Waals surface area contributed by atoms with Gasteiger partial charge in [-0.3, -0.25) is 10.1 Å². The number of piperidine rings is 2. The van der Waals surface area contributed by atoms with E-state index in [9.17, 15) is 9.90 Å². The highest BCUT2D eigenvalue weighted by atomic mass is 16.5. The fourth-order valence-electron chi connectivity index (χ4n) is 5.17. The summed E-state index contributed by atoms with van der Waals surface area (Å²) in [7, 11) is 0. The van der Waals surface area contributed by atoms with Crippen molar-refractivity contribution >= 4 is 5.78 Å². The van der Waals surface area contributed by atoms with Crippen molar-refractivity contribution in [3.63, 3.8) is 0 Å². The Morgan fingerprint density at radius 3 is 2.74 bits per heavy atom. The van der Waals surface area contributed by atoms with Gasteiger partial charge in [-0.25, -0.2) is 0 Å². The summed E-state index contributed by atoms with van der Waals surface area (Å²) in [6.45, 7) is 0.784. The summed E-state index contributed by atoms with van der Waals surface area (Å²) in [5, 5.41) is 16.3. The maximum absolute atomic E-state index is 13.1. The minimum absolute atomic E-state index is 0.0126. The number of fused-ring (bicyclic) bond motifs is 2. The summed E-state index contributed by atoms with van der Waals surface area (Å²) < 4.78 is 6.18. The zero-order valence-electron chi connectivity index (χ0n) is 13.6. The summed E-state index contributed by atoms with van der Waals surface area (Å²) in [5.41, 5.74) is 6.04. The van der Waals surface area contributed by atoms with Gasteiger partial charge in [-0.05, 0) is 31.6 Å². The molecule has 7 unspecified atom stereocenters. The van der Waals surface area contributed by atoms with Crippen molar-refractivity contribution in [2.75, 3.05) is 13.2 Å². The highest BCUT2D eigenvalue weighted by Gasteiger charge is 2.51. The Labute approximate surface area is 137 Å². The average molecular weight is 323 g/mol. The van der Waals surface area contributed by atoms with E-state index in [1.54, 1.807) is 0 Å². The molecule has 1 aliphatic carbocycles. The van der Waals surface area contributed by atoms with Gasteiger partial charge < -0.3 is 20.9 Å². The summed E-state index contributed by atoms with van der Waals surface area (Å²) in [4.78, 5) is 13.1. The van der Waals surface area contributed by atoms with Crippen molar-refractivity contribution in [2.24, 2.45) is 29.4 Å². The molecule has 3 heterocycles. The number of aliphatic hydroxyl groups excluding tert-OH is 1. The van der Waals surface area contributed by atoms with Gasteiger partial charge in [0, 0.05) is 31.0 Å². The van der Waals surface area contributed by atoms with Gasteiger partial charge in [-0.15, -0.1) is 0 Å². The summed E-state index contributed by atoms with van der Waals surface area (Å²) in [6.07, 6.45) is 6.16. The number of carbonyl (C=O) groups excluding carboxylic acids is 1. The number of carbonyl (C=O) groups is 1. The Morgan fingerprint density at radius 2 is 2.00 bits per heavy atom. The number of rotatable bonds is 2. The van der Waals surface area contributed by atoms with Crippen molar-refractivity contribution in [3.05, 3.63) is 0 Å². The number of nitrogens with two attached hydrogens (primary N) is 1. The first-order valence-corrected chi connectivity index (χ1v) is 9.22. The molecular formula is C17H29N3O3. The second-order valence-corrected chi connectivity index (χ2v) is 7.88. The highest BCUT2D eigenvalue weighted by molar-refractivity contribution is 5.85. The van der Waals surface area contributed by atoms with Crippen molar-refractivity contribution in [1.29, 1.82) is 0 Å². The van der Waals surface area contributed by atoms with Crippen LogP contribution < -0.4 is 16.4 Å². The molecule has 3 saturated heterocycles. The second-order valence-electron chi connectivity index (χ2n) is 7.88. The third-order valence-corrected chi connectivity index (χ3v) is 6.58. The number of ether oxygens (including phenoxy) is 1. The van der Waals surface area contributed by atoms with Crippen LogP contribution in [0, 0.1) is 23.7 Å². The fourth-order valence-corrected chi connectivity index (χ4v) is 5.17. The molecule has 0 radical (unpaired) electrons. The number of ketones is 1. The average Bonchev–Trinajstić information content (AvgIpc) is 3.09. The Kier molecular flexibility index (Phi) is 4.45. The first-order chi connectivity index (χ1) is 11.2. The van der Waals surface area contributed by atoms with E-state index >= 15 is 0 Å². The molecule has 6 heteroatoms. The van der Waals surface area contributed by atoms with Crippen LogP contribution in [0.25, 0.3) is 0 Å². The lowest BCUT2D eigenvalue weighted by atomic mass is 9.72. The molecule has 0 spiro atoms. The predicted octanol–water partition coefficient (Wildman–Crippen LogP) is -0.0485.